The molecule has 4 rings (SSSR count). The van der Waals surface area contributed by atoms with Crippen molar-refractivity contribution in [2.45, 2.75) is 38.6 Å². The largest absolute Gasteiger partial charge is 0.497 e. The zero-order valence-electron chi connectivity index (χ0n) is 17.7. The summed E-state index contributed by atoms with van der Waals surface area (Å²) in [6, 6.07) is 8.06. The third-order valence-electron chi connectivity index (χ3n) is 6.77. The molecule has 1 aliphatic carbocycles. The van der Waals surface area contributed by atoms with Crippen LogP contribution in [0.4, 0.5) is 0 Å². The Labute approximate surface area is 177 Å². The number of nitrogens with zero attached hydrogens (tertiary/aromatic N) is 3. The van der Waals surface area contributed by atoms with Gasteiger partial charge in [-0.1, -0.05) is 25.0 Å². The quantitative estimate of drug-likeness (QED) is 0.667. The van der Waals surface area contributed by atoms with Crippen LogP contribution >= 0.6 is 0 Å². The predicted octanol–water partition coefficient (Wildman–Crippen LogP) is 1.90. The van der Waals surface area contributed by atoms with Crippen molar-refractivity contribution in [2.75, 3.05) is 39.8 Å². The number of ether oxygens (including phenoxy) is 1. The van der Waals surface area contributed by atoms with Gasteiger partial charge in [0.15, 0.2) is 0 Å². The van der Waals surface area contributed by atoms with E-state index < -0.39 is 0 Å². The van der Waals surface area contributed by atoms with Gasteiger partial charge in [0.05, 0.1) is 18.9 Å². The first-order valence-corrected chi connectivity index (χ1v) is 11.0. The van der Waals surface area contributed by atoms with Gasteiger partial charge in [-0.2, -0.15) is 0 Å². The molecule has 0 unspecified atom stereocenters. The number of fused-ring (bicyclic) bond motifs is 1. The van der Waals surface area contributed by atoms with Crippen LogP contribution in [0.1, 0.15) is 37.7 Å². The number of methoxy groups -OCH3 is 1. The Morgan fingerprint density at radius 3 is 2.13 bits per heavy atom. The molecule has 2 aliphatic heterocycles. The Balaban J connectivity index is 1.22. The van der Waals surface area contributed by atoms with E-state index in [0.29, 0.717) is 13.1 Å². The minimum atomic E-state index is -0.136. The molecule has 30 heavy (non-hydrogen) atoms. The van der Waals surface area contributed by atoms with E-state index in [4.69, 9.17) is 4.74 Å². The highest BCUT2D eigenvalue weighted by Gasteiger charge is 2.47. The van der Waals surface area contributed by atoms with Gasteiger partial charge in [0, 0.05) is 45.7 Å². The molecule has 162 valence electrons. The van der Waals surface area contributed by atoms with Gasteiger partial charge in [0.1, 0.15) is 5.75 Å². The number of piperazine rings is 1. The van der Waals surface area contributed by atoms with Gasteiger partial charge in [0.2, 0.25) is 17.7 Å². The number of amides is 3. The van der Waals surface area contributed by atoms with Crippen molar-refractivity contribution in [2.24, 2.45) is 11.8 Å². The Kier molecular flexibility index (Phi) is 6.37. The van der Waals surface area contributed by atoms with Crippen molar-refractivity contribution < 1.29 is 19.1 Å². The highest BCUT2D eigenvalue weighted by Crippen LogP contribution is 2.38. The Morgan fingerprint density at radius 1 is 0.967 bits per heavy atom. The summed E-state index contributed by atoms with van der Waals surface area (Å²) >= 11 is 0. The molecule has 7 heteroatoms. The molecule has 3 fully saturated rings. The lowest BCUT2D eigenvalue weighted by atomic mass is 9.81. The maximum Gasteiger partial charge on any atom is 0.233 e. The number of rotatable bonds is 6. The first-order chi connectivity index (χ1) is 14.6. The average Bonchev–Trinajstić information content (AvgIpc) is 3.03. The van der Waals surface area contributed by atoms with Crippen LogP contribution in [0.3, 0.4) is 0 Å². The molecule has 0 spiro atoms. The van der Waals surface area contributed by atoms with E-state index >= 15 is 0 Å². The normalized spacial score (nSPS) is 24.8. The lowest BCUT2D eigenvalue weighted by Gasteiger charge is -2.35. The topological polar surface area (TPSA) is 70.2 Å². The molecular weight excluding hydrogens is 382 g/mol. The van der Waals surface area contributed by atoms with Crippen LogP contribution in [0.25, 0.3) is 0 Å². The summed E-state index contributed by atoms with van der Waals surface area (Å²) in [5.41, 5.74) is 1.23. The molecule has 3 aliphatic rings. The Morgan fingerprint density at radius 2 is 1.57 bits per heavy atom. The molecule has 3 amide bonds. The molecule has 2 saturated heterocycles. The van der Waals surface area contributed by atoms with Crippen molar-refractivity contribution in [3.8, 4) is 5.75 Å². The fourth-order valence-corrected chi connectivity index (χ4v) is 4.96. The van der Waals surface area contributed by atoms with Crippen molar-refractivity contribution >= 4 is 17.7 Å². The average molecular weight is 414 g/mol. The SMILES string of the molecule is COc1ccc(CN2CCN(C(=O)CCN3C(=O)[C@H]4CCCC[C@H]4C3=O)CC2)cc1. The summed E-state index contributed by atoms with van der Waals surface area (Å²) in [7, 11) is 1.66. The van der Waals surface area contributed by atoms with Crippen molar-refractivity contribution in [3.05, 3.63) is 29.8 Å². The van der Waals surface area contributed by atoms with Gasteiger partial charge >= 0.3 is 0 Å². The highest BCUT2D eigenvalue weighted by molar-refractivity contribution is 6.05. The van der Waals surface area contributed by atoms with Gasteiger partial charge in [0.25, 0.3) is 0 Å². The molecule has 7 nitrogen and oxygen atoms in total. The van der Waals surface area contributed by atoms with Crippen molar-refractivity contribution in [3.63, 3.8) is 0 Å². The van der Waals surface area contributed by atoms with E-state index in [-0.39, 0.29) is 42.5 Å². The van der Waals surface area contributed by atoms with Crippen molar-refractivity contribution in [1.82, 2.24) is 14.7 Å². The number of benzene rings is 1. The molecule has 1 saturated carbocycles. The second-order valence-corrected chi connectivity index (χ2v) is 8.58. The summed E-state index contributed by atoms with van der Waals surface area (Å²) in [6.45, 7) is 4.10. The second-order valence-electron chi connectivity index (χ2n) is 8.58. The van der Waals surface area contributed by atoms with Gasteiger partial charge in [-0.25, -0.2) is 0 Å². The van der Waals surface area contributed by atoms with Crippen LogP contribution in [0.2, 0.25) is 0 Å². The molecule has 0 N–H and O–H groups in total. The summed E-state index contributed by atoms with van der Waals surface area (Å²) in [6.07, 6.45) is 3.91. The van der Waals surface area contributed by atoms with Crippen LogP contribution in [-0.2, 0) is 20.9 Å². The molecule has 0 radical (unpaired) electrons. The minimum Gasteiger partial charge on any atom is -0.497 e. The molecule has 1 aromatic rings. The zero-order chi connectivity index (χ0) is 21.1. The fraction of sp³-hybridized carbons (Fsp3) is 0.609. The number of hydrogen-bond acceptors (Lipinski definition) is 5. The number of imide groups is 1. The van der Waals surface area contributed by atoms with E-state index in [1.807, 2.05) is 17.0 Å². The predicted molar refractivity (Wildman–Crippen MR) is 112 cm³/mol. The maximum atomic E-state index is 12.7. The van der Waals surface area contributed by atoms with E-state index in [2.05, 4.69) is 17.0 Å². The second kappa shape index (κ2) is 9.16. The van der Waals surface area contributed by atoms with E-state index in [0.717, 1.165) is 51.1 Å². The molecule has 1 aromatic carbocycles. The monoisotopic (exact) mass is 413 g/mol. The first-order valence-electron chi connectivity index (χ1n) is 11.0. The van der Waals surface area contributed by atoms with Gasteiger partial charge in [-0.15, -0.1) is 0 Å². The summed E-state index contributed by atoms with van der Waals surface area (Å²) < 4.78 is 5.20. The molecular formula is C23H31N3O4. The van der Waals surface area contributed by atoms with Gasteiger partial charge < -0.3 is 9.64 Å². The van der Waals surface area contributed by atoms with Crippen LogP contribution < -0.4 is 4.74 Å². The maximum absolute atomic E-state index is 12.7. The molecule has 0 bridgehead atoms. The number of hydrogen-bond donors (Lipinski definition) is 0. The number of likely N-dealkylation sites (tertiary alicyclic amines) is 1. The lowest BCUT2D eigenvalue weighted by Crippen LogP contribution is -2.49. The molecule has 0 aromatic heterocycles. The Bertz CT molecular complexity index is 762. The van der Waals surface area contributed by atoms with Crippen LogP contribution in [0.5, 0.6) is 5.75 Å². The van der Waals surface area contributed by atoms with Crippen LogP contribution in [-0.4, -0.2) is 72.3 Å². The summed E-state index contributed by atoms with van der Waals surface area (Å²) in [5, 5.41) is 0. The number of carbonyl (C=O) groups is 3. The summed E-state index contributed by atoms with van der Waals surface area (Å²) in [4.78, 5) is 43.3. The van der Waals surface area contributed by atoms with E-state index in [1.54, 1.807) is 7.11 Å². The Hall–Kier alpha value is -2.41. The zero-order valence-corrected chi connectivity index (χ0v) is 17.7. The highest BCUT2D eigenvalue weighted by atomic mass is 16.5. The molecule has 2 atom stereocenters. The minimum absolute atomic E-state index is 0.0366. The van der Waals surface area contributed by atoms with Crippen LogP contribution in [0.15, 0.2) is 24.3 Å². The standard InChI is InChI=1S/C23H31N3O4/c1-30-18-8-6-17(7-9-18)16-24-12-14-25(15-13-24)21(27)10-11-26-22(28)19-4-2-3-5-20(19)23(26)29/h6-9,19-20H,2-5,10-16H2,1H3/t19-,20+. The van der Waals surface area contributed by atoms with Gasteiger partial charge in [-0.3, -0.25) is 24.2 Å². The van der Waals surface area contributed by atoms with Gasteiger partial charge in [-0.05, 0) is 30.5 Å². The lowest BCUT2D eigenvalue weighted by molar-refractivity contribution is -0.141. The number of carbonyl (C=O) groups excluding carboxylic acids is 3. The van der Waals surface area contributed by atoms with Crippen LogP contribution in [0, 0.1) is 11.8 Å². The molecule has 2 heterocycles. The first kappa shape index (κ1) is 20.8. The van der Waals surface area contributed by atoms with E-state index in [1.165, 1.54) is 10.5 Å². The third kappa shape index (κ3) is 4.36. The van der Waals surface area contributed by atoms with E-state index in [9.17, 15) is 14.4 Å². The third-order valence-corrected chi connectivity index (χ3v) is 6.77. The fourth-order valence-electron chi connectivity index (χ4n) is 4.96. The smallest absolute Gasteiger partial charge is 0.233 e. The van der Waals surface area contributed by atoms with Crippen molar-refractivity contribution in [1.29, 1.82) is 0 Å². The summed E-state index contributed by atoms with van der Waals surface area (Å²) in [5.74, 6) is 0.507.